The van der Waals surface area contributed by atoms with Crippen LogP contribution in [0.4, 0.5) is 5.69 Å². The zero-order chi connectivity index (χ0) is 10.0. The first-order chi connectivity index (χ1) is 6.02. The second kappa shape index (κ2) is 3.32. The number of benzene rings is 1. The van der Waals surface area contributed by atoms with Crippen molar-refractivity contribution in [1.82, 2.24) is 0 Å². The van der Waals surface area contributed by atoms with Crippen molar-refractivity contribution in [3.8, 4) is 5.75 Å². The maximum atomic E-state index is 10.5. The highest BCUT2D eigenvalue weighted by Gasteiger charge is 2.17. The van der Waals surface area contributed by atoms with Crippen LogP contribution in [0.15, 0.2) is 18.2 Å². The molecule has 1 aromatic rings. The predicted octanol–water partition coefficient (Wildman–Crippen LogP) is 0.0588. The van der Waals surface area contributed by atoms with E-state index in [9.17, 15) is 9.90 Å². The number of anilines is 1. The highest BCUT2D eigenvalue weighted by molar-refractivity contribution is 5.76. The Morgan fingerprint density at radius 2 is 2.08 bits per heavy atom. The third kappa shape index (κ3) is 1.88. The minimum atomic E-state index is -1.25. The van der Waals surface area contributed by atoms with Crippen molar-refractivity contribution in [2.75, 3.05) is 5.73 Å². The molecule has 70 valence electrons. The molecule has 0 aliphatic rings. The van der Waals surface area contributed by atoms with E-state index in [1.807, 2.05) is 0 Å². The van der Waals surface area contributed by atoms with Crippen molar-refractivity contribution < 1.29 is 15.0 Å². The van der Waals surface area contributed by atoms with Crippen molar-refractivity contribution in [1.29, 1.82) is 0 Å². The van der Waals surface area contributed by atoms with Crippen LogP contribution in [0, 0.1) is 0 Å². The topological polar surface area (TPSA) is 110 Å². The molecule has 6 N–H and O–H groups in total. The minimum absolute atomic E-state index is 0.118. The van der Waals surface area contributed by atoms with E-state index in [-0.39, 0.29) is 11.3 Å². The summed E-state index contributed by atoms with van der Waals surface area (Å²) in [7, 11) is 0. The lowest BCUT2D eigenvalue weighted by Gasteiger charge is -2.09. The molecule has 5 nitrogen and oxygen atoms in total. The molecule has 0 saturated heterocycles. The van der Waals surface area contributed by atoms with E-state index >= 15 is 0 Å². The van der Waals surface area contributed by atoms with Crippen LogP contribution in [0.5, 0.6) is 5.75 Å². The van der Waals surface area contributed by atoms with Gasteiger partial charge in [0, 0.05) is 11.3 Å². The lowest BCUT2D eigenvalue weighted by molar-refractivity contribution is -0.138. The Balaban J connectivity index is 3.12. The maximum Gasteiger partial charge on any atom is 0.325 e. The molecule has 0 radical (unpaired) electrons. The van der Waals surface area contributed by atoms with Gasteiger partial charge in [0.05, 0.1) is 0 Å². The van der Waals surface area contributed by atoms with E-state index in [1.54, 1.807) is 0 Å². The fourth-order valence-electron chi connectivity index (χ4n) is 0.955. The SMILES string of the molecule is Nc1ccc(O)c([C@@H](N)C(=O)O)c1. The lowest BCUT2D eigenvalue weighted by atomic mass is 10.1. The molecule has 0 amide bonds. The number of nitrogen functional groups attached to an aromatic ring is 1. The number of phenols is 1. The molecule has 0 unspecified atom stereocenters. The smallest absolute Gasteiger partial charge is 0.325 e. The summed E-state index contributed by atoms with van der Waals surface area (Å²) >= 11 is 0. The number of carboxylic acid groups (broad SMARTS) is 1. The number of aliphatic carboxylic acids is 1. The van der Waals surface area contributed by atoms with Crippen molar-refractivity contribution in [3.05, 3.63) is 23.8 Å². The first-order valence-corrected chi connectivity index (χ1v) is 3.59. The van der Waals surface area contributed by atoms with Gasteiger partial charge in [0.25, 0.3) is 0 Å². The van der Waals surface area contributed by atoms with Gasteiger partial charge in [-0.3, -0.25) is 4.79 Å². The number of carbonyl (C=O) groups is 1. The van der Waals surface area contributed by atoms with Crippen LogP contribution in [0.2, 0.25) is 0 Å². The minimum Gasteiger partial charge on any atom is -0.508 e. The quantitative estimate of drug-likeness (QED) is 0.382. The van der Waals surface area contributed by atoms with Gasteiger partial charge in [0.1, 0.15) is 11.8 Å². The number of phenolic OH excluding ortho intramolecular Hbond substituents is 1. The average Bonchev–Trinajstić information content (AvgIpc) is 2.08. The zero-order valence-corrected chi connectivity index (χ0v) is 6.77. The summed E-state index contributed by atoms with van der Waals surface area (Å²) in [4.78, 5) is 10.5. The molecule has 0 fully saturated rings. The molecule has 0 saturated carbocycles. The summed E-state index contributed by atoms with van der Waals surface area (Å²) in [6.45, 7) is 0. The van der Waals surface area contributed by atoms with Crippen molar-refractivity contribution in [2.45, 2.75) is 6.04 Å². The molecule has 0 heterocycles. The van der Waals surface area contributed by atoms with Gasteiger partial charge >= 0.3 is 5.97 Å². The molecule has 0 aromatic heterocycles. The molecule has 1 rings (SSSR count). The molecule has 0 bridgehead atoms. The molecular weight excluding hydrogens is 172 g/mol. The first-order valence-electron chi connectivity index (χ1n) is 3.59. The van der Waals surface area contributed by atoms with Gasteiger partial charge in [0.2, 0.25) is 0 Å². The third-order valence-corrected chi connectivity index (χ3v) is 1.65. The molecule has 1 aromatic carbocycles. The van der Waals surface area contributed by atoms with Crippen molar-refractivity contribution >= 4 is 11.7 Å². The monoisotopic (exact) mass is 182 g/mol. The zero-order valence-electron chi connectivity index (χ0n) is 6.77. The van der Waals surface area contributed by atoms with E-state index in [1.165, 1.54) is 18.2 Å². The van der Waals surface area contributed by atoms with Gasteiger partial charge in [-0.1, -0.05) is 0 Å². The maximum absolute atomic E-state index is 10.5. The third-order valence-electron chi connectivity index (χ3n) is 1.65. The predicted molar refractivity (Wildman–Crippen MR) is 47.1 cm³/mol. The molecular formula is C8H10N2O3. The molecule has 0 aliphatic heterocycles. The van der Waals surface area contributed by atoms with Crippen LogP contribution in [-0.2, 0) is 4.79 Å². The van der Waals surface area contributed by atoms with Crippen LogP contribution < -0.4 is 11.5 Å². The number of nitrogens with two attached hydrogens (primary N) is 2. The molecule has 13 heavy (non-hydrogen) atoms. The Hall–Kier alpha value is -1.75. The van der Waals surface area contributed by atoms with Gasteiger partial charge in [-0.2, -0.15) is 0 Å². The highest BCUT2D eigenvalue weighted by atomic mass is 16.4. The van der Waals surface area contributed by atoms with E-state index in [0.29, 0.717) is 5.69 Å². The van der Waals surface area contributed by atoms with Gasteiger partial charge in [-0.25, -0.2) is 0 Å². The van der Waals surface area contributed by atoms with Crippen molar-refractivity contribution in [3.63, 3.8) is 0 Å². The molecule has 0 aliphatic carbocycles. The second-order valence-electron chi connectivity index (χ2n) is 2.63. The first kappa shape index (κ1) is 9.34. The number of aromatic hydroxyl groups is 1. The Morgan fingerprint density at radius 1 is 1.46 bits per heavy atom. The van der Waals surface area contributed by atoms with Crippen molar-refractivity contribution in [2.24, 2.45) is 5.73 Å². The average molecular weight is 182 g/mol. The largest absolute Gasteiger partial charge is 0.508 e. The summed E-state index contributed by atoms with van der Waals surface area (Å²) in [5.41, 5.74) is 11.2. The summed E-state index contributed by atoms with van der Waals surface area (Å²) in [6.07, 6.45) is 0. The van der Waals surface area contributed by atoms with Crippen LogP contribution in [0.1, 0.15) is 11.6 Å². The van der Waals surface area contributed by atoms with Gasteiger partial charge in [-0.15, -0.1) is 0 Å². The number of hydrogen-bond acceptors (Lipinski definition) is 4. The molecule has 5 heteroatoms. The normalized spacial score (nSPS) is 12.4. The van der Waals surface area contributed by atoms with Gasteiger partial charge in [0.15, 0.2) is 0 Å². The van der Waals surface area contributed by atoms with Crippen LogP contribution >= 0.6 is 0 Å². The lowest BCUT2D eigenvalue weighted by Crippen LogP contribution is -2.20. The van der Waals surface area contributed by atoms with E-state index < -0.39 is 12.0 Å². The van der Waals surface area contributed by atoms with E-state index in [2.05, 4.69) is 0 Å². The van der Waals surface area contributed by atoms with E-state index in [0.717, 1.165) is 0 Å². The molecule has 0 spiro atoms. The number of rotatable bonds is 2. The van der Waals surface area contributed by atoms with Crippen LogP contribution in [0.3, 0.4) is 0 Å². The fraction of sp³-hybridized carbons (Fsp3) is 0.125. The number of carboxylic acids is 1. The van der Waals surface area contributed by atoms with Gasteiger partial charge in [-0.05, 0) is 18.2 Å². The second-order valence-corrected chi connectivity index (χ2v) is 2.63. The Labute approximate surface area is 74.6 Å². The summed E-state index contributed by atoms with van der Waals surface area (Å²) < 4.78 is 0. The van der Waals surface area contributed by atoms with Crippen LogP contribution in [0.25, 0.3) is 0 Å². The summed E-state index contributed by atoms with van der Waals surface area (Å²) in [5, 5.41) is 17.8. The van der Waals surface area contributed by atoms with Gasteiger partial charge < -0.3 is 21.7 Å². The summed E-state index contributed by atoms with van der Waals surface area (Å²) in [5.74, 6) is -1.37. The standard InChI is InChI=1S/C8H10N2O3/c9-4-1-2-6(11)5(3-4)7(10)8(12)13/h1-3,7,11H,9-10H2,(H,12,13)/t7-/m1/s1. The molecule has 1 atom stereocenters. The van der Waals surface area contributed by atoms with E-state index in [4.69, 9.17) is 16.6 Å². The number of hydrogen-bond donors (Lipinski definition) is 4. The Bertz CT molecular complexity index is 338. The Morgan fingerprint density at radius 3 is 2.62 bits per heavy atom. The fourth-order valence-corrected chi connectivity index (χ4v) is 0.955. The highest BCUT2D eigenvalue weighted by Crippen LogP contribution is 2.24. The van der Waals surface area contributed by atoms with Crippen LogP contribution in [-0.4, -0.2) is 16.2 Å². The Kier molecular flexibility index (Phi) is 2.39. The summed E-state index contributed by atoms with van der Waals surface area (Å²) in [6, 6.07) is 2.87.